The highest BCUT2D eigenvalue weighted by Gasteiger charge is 2.21. The molecule has 30 heavy (non-hydrogen) atoms. The summed E-state index contributed by atoms with van der Waals surface area (Å²) in [4.78, 5) is 7.62. The molecule has 1 aromatic carbocycles. The van der Waals surface area contributed by atoms with Crippen molar-refractivity contribution in [2.24, 2.45) is 0 Å². The molecule has 160 valence electrons. The molecule has 0 radical (unpaired) electrons. The number of methoxy groups -OCH3 is 1. The van der Waals surface area contributed by atoms with Crippen molar-refractivity contribution in [2.75, 3.05) is 16.6 Å². The van der Waals surface area contributed by atoms with E-state index in [1.54, 1.807) is 11.6 Å². The van der Waals surface area contributed by atoms with Gasteiger partial charge in [-0.1, -0.05) is 0 Å². The molecule has 3 rings (SSSR count). The van der Waals surface area contributed by atoms with Crippen molar-refractivity contribution in [1.29, 1.82) is 0 Å². The molecule has 13 heteroatoms. The van der Waals surface area contributed by atoms with Gasteiger partial charge in [-0.2, -0.15) is 5.10 Å². The fourth-order valence-corrected chi connectivity index (χ4v) is 4.86. The summed E-state index contributed by atoms with van der Waals surface area (Å²) in [7, 11) is -6.41. The molecule has 2 aromatic heterocycles. The van der Waals surface area contributed by atoms with Crippen LogP contribution in [-0.4, -0.2) is 43.7 Å². The van der Waals surface area contributed by atoms with Crippen molar-refractivity contribution in [1.82, 2.24) is 19.7 Å². The van der Waals surface area contributed by atoms with Crippen LogP contribution < -0.4 is 14.2 Å². The van der Waals surface area contributed by atoms with Gasteiger partial charge in [-0.3, -0.25) is 14.1 Å². The second kappa shape index (κ2) is 8.28. The molecule has 2 heterocycles. The van der Waals surface area contributed by atoms with E-state index in [0.29, 0.717) is 12.2 Å². The Kier molecular flexibility index (Phi) is 5.94. The maximum atomic E-state index is 12.6. The van der Waals surface area contributed by atoms with Crippen LogP contribution in [0.2, 0.25) is 0 Å². The highest BCUT2D eigenvalue weighted by Crippen LogP contribution is 2.22. The van der Waals surface area contributed by atoms with Crippen LogP contribution in [0.5, 0.6) is 5.88 Å². The number of benzene rings is 1. The van der Waals surface area contributed by atoms with Crippen LogP contribution in [0.25, 0.3) is 0 Å². The zero-order valence-corrected chi connectivity index (χ0v) is 18.0. The zero-order chi connectivity index (χ0) is 21.9. The second-order valence-electron chi connectivity index (χ2n) is 6.09. The molecular formula is C17H20N6O5S2. The van der Waals surface area contributed by atoms with Gasteiger partial charge in [-0.25, -0.2) is 26.8 Å². The van der Waals surface area contributed by atoms with E-state index < -0.39 is 20.0 Å². The molecule has 2 N–H and O–H groups in total. The lowest BCUT2D eigenvalue weighted by Gasteiger charge is -2.10. The number of aryl methyl sites for hydroxylation is 1. The molecule has 0 amide bonds. The SMILES string of the molecule is CCn1ncc(S(=O)(=O)Nc2ccc(S(=O)(=O)Nc3cc(OC)ncn3)cc2)c1C. The van der Waals surface area contributed by atoms with E-state index in [-0.39, 0.29) is 27.2 Å². The van der Waals surface area contributed by atoms with Crippen molar-refractivity contribution in [3.63, 3.8) is 0 Å². The van der Waals surface area contributed by atoms with Gasteiger partial charge in [0, 0.05) is 18.3 Å². The van der Waals surface area contributed by atoms with Gasteiger partial charge in [-0.15, -0.1) is 0 Å². The largest absolute Gasteiger partial charge is 0.481 e. The first-order chi connectivity index (χ1) is 14.2. The van der Waals surface area contributed by atoms with Crippen molar-refractivity contribution in [3.8, 4) is 5.88 Å². The second-order valence-corrected chi connectivity index (χ2v) is 9.42. The monoisotopic (exact) mass is 452 g/mol. The molecule has 0 saturated carbocycles. The standard InChI is InChI=1S/C17H20N6O5S2/c1-4-23-12(2)15(10-20-23)30(26,27)21-13-5-7-14(8-6-13)29(24,25)22-16-9-17(28-3)19-11-18-16/h5-11,21H,4H2,1-3H3,(H,18,19,22). The third-order valence-electron chi connectivity index (χ3n) is 4.15. The molecule has 0 fully saturated rings. The summed E-state index contributed by atoms with van der Waals surface area (Å²) in [5.74, 6) is 0.240. The number of anilines is 2. The summed E-state index contributed by atoms with van der Waals surface area (Å²) in [6.45, 7) is 4.06. The van der Waals surface area contributed by atoms with Gasteiger partial charge in [0.15, 0.2) is 0 Å². The Labute approximate surface area is 174 Å². The van der Waals surface area contributed by atoms with Crippen molar-refractivity contribution >= 4 is 31.6 Å². The van der Waals surface area contributed by atoms with E-state index in [0.717, 1.165) is 6.33 Å². The van der Waals surface area contributed by atoms with Crippen LogP contribution in [-0.2, 0) is 26.6 Å². The Morgan fingerprint density at radius 1 is 1.03 bits per heavy atom. The lowest BCUT2D eigenvalue weighted by molar-refractivity contribution is 0.397. The maximum Gasteiger partial charge on any atom is 0.265 e. The molecule has 0 atom stereocenters. The molecule has 11 nitrogen and oxygen atoms in total. The lowest BCUT2D eigenvalue weighted by Crippen LogP contribution is -2.15. The topological polar surface area (TPSA) is 145 Å². The van der Waals surface area contributed by atoms with Crippen molar-refractivity contribution in [3.05, 3.63) is 48.5 Å². The number of hydrogen-bond acceptors (Lipinski definition) is 8. The van der Waals surface area contributed by atoms with Gasteiger partial charge < -0.3 is 4.74 Å². The minimum absolute atomic E-state index is 0.0371. The highest BCUT2D eigenvalue weighted by atomic mass is 32.2. The summed E-state index contributed by atoms with van der Waals surface area (Å²) in [6.07, 6.45) is 2.44. The normalized spacial score (nSPS) is 11.8. The number of nitrogens with zero attached hydrogens (tertiary/aromatic N) is 4. The number of sulfonamides is 2. The van der Waals surface area contributed by atoms with Gasteiger partial charge in [0.25, 0.3) is 20.0 Å². The van der Waals surface area contributed by atoms with E-state index in [1.165, 1.54) is 43.6 Å². The van der Waals surface area contributed by atoms with E-state index >= 15 is 0 Å². The molecule has 0 bridgehead atoms. The van der Waals surface area contributed by atoms with Crippen molar-refractivity contribution < 1.29 is 21.6 Å². The molecule has 0 unspecified atom stereocenters. The molecule has 0 aliphatic heterocycles. The summed E-state index contributed by atoms with van der Waals surface area (Å²) >= 11 is 0. The van der Waals surface area contributed by atoms with E-state index in [9.17, 15) is 16.8 Å². The first kappa shape index (κ1) is 21.5. The number of rotatable bonds is 8. The molecule has 0 aliphatic carbocycles. The van der Waals surface area contributed by atoms with Gasteiger partial charge in [-0.05, 0) is 38.1 Å². The smallest absolute Gasteiger partial charge is 0.265 e. The van der Waals surface area contributed by atoms with Crippen LogP contribution in [0.15, 0.2) is 52.6 Å². The van der Waals surface area contributed by atoms with Crippen LogP contribution >= 0.6 is 0 Å². The average molecular weight is 453 g/mol. The van der Waals surface area contributed by atoms with Crippen LogP contribution in [0.1, 0.15) is 12.6 Å². The van der Waals surface area contributed by atoms with Crippen LogP contribution in [0.4, 0.5) is 11.5 Å². The Hall–Kier alpha value is -3.19. The van der Waals surface area contributed by atoms with Gasteiger partial charge in [0.05, 0.1) is 23.9 Å². The third-order valence-corrected chi connectivity index (χ3v) is 7.01. The fourth-order valence-electron chi connectivity index (χ4n) is 2.63. The number of hydrogen-bond donors (Lipinski definition) is 2. The summed E-state index contributed by atoms with van der Waals surface area (Å²) in [5, 5.41) is 4.03. The van der Waals surface area contributed by atoms with Gasteiger partial charge in [0.2, 0.25) is 5.88 Å². The Morgan fingerprint density at radius 2 is 1.73 bits per heavy atom. The first-order valence-corrected chi connectivity index (χ1v) is 11.7. The van der Waals surface area contributed by atoms with Crippen LogP contribution in [0.3, 0.4) is 0 Å². The molecule has 3 aromatic rings. The molecule has 0 saturated heterocycles. The molecule has 0 aliphatic rings. The van der Waals surface area contributed by atoms with Crippen molar-refractivity contribution in [2.45, 2.75) is 30.2 Å². The quantitative estimate of drug-likeness (QED) is 0.524. The average Bonchev–Trinajstić information content (AvgIpc) is 3.09. The minimum Gasteiger partial charge on any atom is -0.481 e. The van der Waals surface area contributed by atoms with Gasteiger partial charge in [0.1, 0.15) is 17.0 Å². The first-order valence-electron chi connectivity index (χ1n) is 8.70. The van der Waals surface area contributed by atoms with Gasteiger partial charge >= 0.3 is 0 Å². The predicted molar refractivity (Wildman–Crippen MR) is 109 cm³/mol. The zero-order valence-electron chi connectivity index (χ0n) is 16.4. The minimum atomic E-state index is -3.94. The molecule has 0 spiro atoms. The summed E-state index contributed by atoms with van der Waals surface area (Å²) in [5.41, 5.74) is 0.718. The predicted octanol–water partition coefficient (Wildman–Crippen LogP) is 1.61. The summed E-state index contributed by atoms with van der Waals surface area (Å²) < 4.78 is 61.5. The Bertz CT molecular complexity index is 1250. The van der Waals surface area contributed by atoms with Crippen LogP contribution in [0, 0.1) is 6.92 Å². The summed E-state index contributed by atoms with van der Waals surface area (Å²) in [6, 6.07) is 6.60. The lowest BCUT2D eigenvalue weighted by atomic mass is 10.3. The fraction of sp³-hybridized carbons (Fsp3) is 0.235. The molecular weight excluding hydrogens is 432 g/mol. The number of aromatic nitrogens is 4. The maximum absolute atomic E-state index is 12.6. The van der Waals surface area contributed by atoms with E-state index in [1.807, 2.05) is 6.92 Å². The third kappa shape index (κ3) is 4.52. The Morgan fingerprint density at radius 3 is 2.33 bits per heavy atom. The Balaban J connectivity index is 1.79. The number of ether oxygens (including phenoxy) is 1. The highest BCUT2D eigenvalue weighted by molar-refractivity contribution is 7.93. The number of nitrogens with one attached hydrogen (secondary N) is 2. The van der Waals surface area contributed by atoms with E-state index in [4.69, 9.17) is 4.74 Å². The van der Waals surface area contributed by atoms with E-state index in [2.05, 4.69) is 24.5 Å².